The molecule has 17 heavy (non-hydrogen) atoms. The Bertz CT molecular complexity index is 476. The predicted molar refractivity (Wildman–Crippen MR) is 70.5 cm³/mol. The van der Waals surface area contributed by atoms with Crippen molar-refractivity contribution < 1.29 is 0 Å². The molecule has 0 unspecified atom stereocenters. The van der Waals surface area contributed by atoms with Gasteiger partial charge in [0.15, 0.2) is 0 Å². The van der Waals surface area contributed by atoms with Crippen molar-refractivity contribution in [2.45, 2.75) is 25.2 Å². The SMILES string of the molecule is c1ccc(CCNc2nc(C3CC3)ns2)cc1. The van der Waals surface area contributed by atoms with Gasteiger partial charge >= 0.3 is 0 Å². The van der Waals surface area contributed by atoms with Gasteiger partial charge in [-0.05, 0) is 24.8 Å². The van der Waals surface area contributed by atoms with Crippen molar-refractivity contribution in [3.8, 4) is 0 Å². The zero-order chi connectivity index (χ0) is 11.5. The smallest absolute Gasteiger partial charge is 0.202 e. The summed E-state index contributed by atoms with van der Waals surface area (Å²) in [6, 6.07) is 10.5. The Morgan fingerprint density at radius 1 is 1.24 bits per heavy atom. The number of rotatable bonds is 5. The van der Waals surface area contributed by atoms with Crippen molar-refractivity contribution >= 4 is 16.7 Å². The zero-order valence-electron chi connectivity index (χ0n) is 9.60. The van der Waals surface area contributed by atoms with Crippen LogP contribution in [0, 0.1) is 0 Å². The third kappa shape index (κ3) is 2.82. The molecule has 4 heteroatoms. The van der Waals surface area contributed by atoms with Crippen molar-refractivity contribution in [3.63, 3.8) is 0 Å². The van der Waals surface area contributed by atoms with Crippen LogP contribution in [0.5, 0.6) is 0 Å². The molecule has 0 amide bonds. The number of hydrogen-bond donors (Lipinski definition) is 1. The molecule has 1 N–H and O–H groups in total. The van der Waals surface area contributed by atoms with Gasteiger partial charge in [-0.1, -0.05) is 30.3 Å². The van der Waals surface area contributed by atoms with Crippen LogP contribution in [0.25, 0.3) is 0 Å². The molecule has 0 saturated heterocycles. The second-order valence-corrected chi connectivity index (χ2v) is 5.15. The summed E-state index contributed by atoms with van der Waals surface area (Å²) in [7, 11) is 0. The summed E-state index contributed by atoms with van der Waals surface area (Å²) in [5.41, 5.74) is 1.35. The van der Waals surface area contributed by atoms with E-state index in [2.05, 4.69) is 38.9 Å². The lowest BCUT2D eigenvalue weighted by molar-refractivity contribution is 0.969. The molecule has 1 aliphatic carbocycles. The number of nitrogens with one attached hydrogen (secondary N) is 1. The van der Waals surface area contributed by atoms with Gasteiger partial charge in [0, 0.05) is 24.0 Å². The lowest BCUT2D eigenvalue weighted by Crippen LogP contribution is -2.04. The van der Waals surface area contributed by atoms with Crippen molar-refractivity contribution in [2.24, 2.45) is 0 Å². The quantitative estimate of drug-likeness (QED) is 0.879. The van der Waals surface area contributed by atoms with Crippen molar-refractivity contribution in [2.75, 3.05) is 11.9 Å². The summed E-state index contributed by atoms with van der Waals surface area (Å²) in [6.07, 6.45) is 3.56. The number of hydrogen-bond acceptors (Lipinski definition) is 4. The molecule has 1 aromatic heterocycles. The molecule has 0 aliphatic heterocycles. The molecule has 3 nitrogen and oxygen atoms in total. The summed E-state index contributed by atoms with van der Waals surface area (Å²) in [5.74, 6) is 1.69. The first-order chi connectivity index (χ1) is 8.42. The molecule has 1 aliphatic rings. The van der Waals surface area contributed by atoms with Crippen molar-refractivity contribution in [3.05, 3.63) is 41.7 Å². The Labute approximate surface area is 105 Å². The summed E-state index contributed by atoms with van der Waals surface area (Å²) < 4.78 is 4.37. The van der Waals surface area contributed by atoms with Crippen molar-refractivity contribution in [1.29, 1.82) is 0 Å². The molecule has 0 atom stereocenters. The fraction of sp³-hybridized carbons (Fsp3) is 0.385. The minimum atomic E-state index is 0.649. The van der Waals surface area contributed by atoms with E-state index in [9.17, 15) is 0 Å². The molecule has 0 bridgehead atoms. The molecular formula is C13H15N3S. The van der Waals surface area contributed by atoms with Crippen LogP contribution in [-0.2, 0) is 6.42 Å². The first-order valence-electron chi connectivity index (χ1n) is 6.03. The standard InChI is InChI=1S/C13H15N3S/c1-2-4-10(5-3-1)8-9-14-13-15-12(16-17-13)11-6-7-11/h1-5,11H,6-9H2,(H,14,15,16). The summed E-state index contributed by atoms with van der Waals surface area (Å²) >= 11 is 1.48. The fourth-order valence-electron chi connectivity index (χ4n) is 1.77. The second kappa shape index (κ2) is 4.84. The van der Waals surface area contributed by atoms with Crippen LogP contribution >= 0.6 is 11.5 Å². The lowest BCUT2D eigenvalue weighted by Gasteiger charge is -2.01. The Morgan fingerprint density at radius 2 is 2.06 bits per heavy atom. The molecule has 0 radical (unpaired) electrons. The van der Waals surface area contributed by atoms with Gasteiger partial charge in [0.25, 0.3) is 0 Å². The topological polar surface area (TPSA) is 37.8 Å². The normalized spacial score (nSPS) is 14.8. The molecule has 1 aromatic carbocycles. The van der Waals surface area contributed by atoms with Gasteiger partial charge < -0.3 is 5.32 Å². The Morgan fingerprint density at radius 3 is 2.82 bits per heavy atom. The molecule has 3 rings (SSSR count). The van der Waals surface area contributed by atoms with E-state index in [1.165, 1.54) is 29.9 Å². The lowest BCUT2D eigenvalue weighted by atomic mass is 10.2. The second-order valence-electron chi connectivity index (χ2n) is 4.39. The number of nitrogens with zero attached hydrogens (tertiary/aromatic N) is 2. The highest BCUT2D eigenvalue weighted by Gasteiger charge is 2.27. The number of anilines is 1. The van der Waals surface area contributed by atoms with E-state index in [-0.39, 0.29) is 0 Å². The maximum absolute atomic E-state index is 4.50. The maximum Gasteiger partial charge on any atom is 0.202 e. The Balaban J connectivity index is 1.50. The largest absolute Gasteiger partial charge is 0.360 e. The van der Waals surface area contributed by atoms with E-state index in [0.29, 0.717) is 5.92 Å². The summed E-state index contributed by atoms with van der Waals surface area (Å²) in [4.78, 5) is 4.50. The predicted octanol–water partition coefficient (Wildman–Crippen LogP) is 3.07. The zero-order valence-corrected chi connectivity index (χ0v) is 10.4. The fourth-order valence-corrected chi connectivity index (χ4v) is 2.44. The molecular weight excluding hydrogens is 230 g/mol. The first-order valence-corrected chi connectivity index (χ1v) is 6.80. The van der Waals surface area contributed by atoms with Crippen LogP contribution in [0.2, 0.25) is 0 Å². The number of benzene rings is 1. The van der Waals surface area contributed by atoms with E-state index in [1.807, 2.05) is 6.07 Å². The van der Waals surface area contributed by atoms with Gasteiger partial charge in [-0.25, -0.2) is 4.98 Å². The van der Waals surface area contributed by atoms with Gasteiger partial charge in [0.2, 0.25) is 5.13 Å². The van der Waals surface area contributed by atoms with Crippen LogP contribution in [0.15, 0.2) is 30.3 Å². The van der Waals surface area contributed by atoms with E-state index < -0.39 is 0 Å². The molecule has 1 fully saturated rings. The summed E-state index contributed by atoms with van der Waals surface area (Å²) in [6.45, 7) is 0.920. The highest BCUT2D eigenvalue weighted by molar-refractivity contribution is 7.09. The number of aromatic nitrogens is 2. The Kier molecular flexibility index (Phi) is 3.05. The van der Waals surface area contributed by atoms with Gasteiger partial charge in [0.05, 0.1) is 0 Å². The van der Waals surface area contributed by atoms with Gasteiger partial charge in [0.1, 0.15) is 5.82 Å². The highest BCUT2D eigenvalue weighted by Crippen LogP contribution is 2.39. The van der Waals surface area contributed by atoms with Crippen LogP contribution in [0.4, 0.5) is 5.13 Å². The van der Waals surface area contributed by atoms with Crippen LogP contribution in [0.1, 0.15) is 30.1 Å². The van der Waals surface area contributed by atoms with E-state index in [4.69, 9.17) is 0 Å². The minimum Gasteiger partial charge on any atom is -0.360 e. The van der Waals surface area contributed by atoms with E-state index in [0.717, 1.165) is 23.9 Å². The van der Waals surface area contributed by atoms with Crippen LogP contribution in [-0.4, -0.2) is 15.9 Å². The third-order valence-corrected chi connectivity index (χ3v) is 3.60. The molecule has 0 spiro atoms. The van der Waals surface area contributed by atoms with Crippen molar-refractivity contribution in [1.82, 2.24) is 9.36 Å². The minimum absolute atomic E-state index is 0.649. The van der Waals surface area contributed by atoms with Gasteiger partial charge in [-0.2, -0.15) is 4.37 Å². The third-order valence-electron chi connectivity index (χ3n) is 2.92. The molecule has 88 valence electrons. The summed E-state index contributed by atoms with van der Waals surface area (Å²) in [5, 5.41) is 4.30. The van der Waals surface area contributed by atoms with Gasteiger partial charge in [-0.3, -0.25) is 0 Å². The van der Waals surface area contributed by atoms with Gasteiger partial charge in [-0.15, -0.1) is 0 Å². The van der Waals surface area contributed by atoms with Crippen LogP contribution in [0.3, 0.4) is 0 Å². The van der Waals surface area contributed by atoms with E-state index >= 15 is 0 Å². The highest BCUT2D eigenvalue weighted by atomic mass is 32.1. The Hall–Kier alpha value is -1.42. The first kappa shape index (κ1) is 10.7. The van der Waals surface area contributed by atoms with Crippen LogP contribution < -0.4 is 5.32 Å². The average Bonchev–Trinajstić information content (AvgIpc) is 3.11. The molecule has 2 aromatic rings. The van der Waals surface area contributed by atoms with E-state index in [1.54, 1.807) is 0 Å². The monoisotopic (exact) mass is 245 g/mol. The molecule has 1 saturated carbocycles. The average molecular weight is 245 g/mol. The maximum atomic E-state index is 4.50. The molecule has 1 heterocycles.